The van der Waals surface area contributed by atoms with E-state index in [0.717, 1.165) is 18.5 Å². The molecular formula is C15H20N4O. The average Bonchev–Trinajstić information content (AvgIpc) is 2.92. The molecule has 1 aliphatic carbocycles. The second-order valence-corrected chi connectivity index (χ2v) is 5.78. The summed E-state index contributed by atoms with van der Waals surface area (Å²) in [5.74, 6) is 1.35. The molecule has 2 aromatic heterocycles. The van der Waals surface area contributed by atoms with Gasteiger partial charge in [0.15, 0.2) is 5.82 Å². The molecule has 2 heterocycles. The lowest BCUT2D eigenvalue weighted by Crippen LogP contribution is -2.45. The summed E-state index contributed by atoms with van der Waals surface area (Å²) in [6.07, 6.45) is 6.76. The van der Waals surface area contributed by atoms with E-state index in [1.807, 2.05) is 18.2 Å². The topological polar surface area (TPSA) is 77.8 Å². The lowest BCUT2D eigenvalue weighted by molar-refractivity contribution is 0.203. The number of hydrogen-bond acceptors (Lipinski definition) is 5. The molecule has 1 fully saturated rings. The summed E-state index contributed by atoms with van der Waals surface area (Å²) in [5.41, 5.74) is 7.02. The van der Waals surface area contributed by atoms with Crippen LogP contribution in [0.5, 0.6) is 0 Å². The van der Waals surface area contributed by atoms with Gasteiger partial charge < -0.3 is 10.3 Å². The lowest BCUT2D eigenvalue weighted by atomic mass is 9.72. The molecule has 20 heavy (non-hydrogen) atoms. The predicted octanol–water partition coefficient (Wildman–Crippen LogP) is 2.21. The van der Waals surface area contributed by atoms with Crippen molar-refractivity contribution < 1.29 is 4.52 Å². The first kappa shape index (κ1) is 13.2. The Morgan fingerprint density at radius 3 is 3.05 bits per heavy atom. The Labute approximate surface area is 118 Å². The Morgan fingerprint density at radius 1 is 1.40 bits per heavy atom. The highest BCUT2D eigenvalue weighted by Crippen LogP contribution is 2.37. The van der Waals surface area contributed by atoms with Gasteiger partial charge in [-0.1, -0.05) is 24.1 Å². The number of nitrogens with two attached hydrogens (primary N) is 1. The Hall–Kier alpha value is -1.75. The fraction of sp³-hybridized carbons (Fsp3) is 0.533. The molecule has 1 saturated carbocycles. The van der Waals surface area contributed by atoms with Gasteiger partial charge in [-0.15, -0.1) is 0 Å². The first-order valence-electron chi connectivity index (χ1n) is 7.17. The molecule has 0 amide bonds. The Kier molecular flexibility index (Phi) is 3.53. The molecule has 0 aromatic carbocycles. The average molecular weight is 272 g/mol. The number of aromatic nitrogens is 3. The Morgan fingerprint density at radius 2 is 2.30 bits per heavy atom. The summed E-state index contributed by atoms with van der Waals surface area (Å²) in [6, 6.07) is 5.92. The van der Waals surface area contributed by atoms with Crippen molar-refractivity contribution in [2.24, 2.45) is 5.73 Å². The fourth-order valence-corrected chi connectivity index (χ4v) is 2.85. The van der Waals surface area contributed by atoms with Gasteiger partial charge >= 0.3 is 0 Å². The fourth-order valence-electron chi connectivity index (χ4n) is 2.85. The SMILES string of the molecule is CC1(c2nc(Cc3ccccn3)no2)CCCCC1N. The summed E-state index contributed by atoms with van der Waals surface area (Å²) in [4.78, 5) is 8.84. The van der Waals surface area contributed by atoms with E-state index >= 15 is 0 Å². The van der Waals surface area contributed by atoms with Crippen molar-refractivity contribution in [2.75, 3.05) is 0 Å². The zero-order chi connectivity index (χ0) is 14.0. The van der Waals surface area contributed by atoms with Crippen LogP contribution in [0.15, 0.2) is 28.9 Å². The van der Waals surface area contributed by atoms with Gasteiger partial charge in [0.2, 0.25) is 5.89 Å². The van der Waals surface area contributed by atoms with Crippen LogP contribution in [0.3, 0.4) is 0 Å². The molecular weight excluding hydrogens is 252 g/mol. The Bertz CT molecular complexity index is 568. The monoisotopic (exact) mass is 272 g/mol. The molecule has 0 aliphatic heterocycles. The third kappa shape index (κ3) is 2.45. The van der Waals surface area contributed by atoms with Crippen LogP contribution >= 0.6 is 0 Å². The van der Waals surface area contributed by atoms with E-state index in [4.69, 9.17) is 10.3 Å². The minimum atomic E-state index is -0.187. The van der Waals surface area contributed by atoms with Crippen LogP contribution in [-0.4, -0.2) is 21.2 Å². The molecule has 0 spiro atoms. The summed E-state index contributed by atoms with van der Waals surface area (Å²) in [5, 5.41) is 4.08. The number of hydrogen-bond donors (Lipinski definition) is 1. The van der Waals surface area contributed by atoms with E-state index < -0.39 is 0 Å². The van der Waals surface area contributed by atoms with Gasteiger partial charge in [-0.25, -0.2) is 0 Å². The third-order valence-corrected chi connectivity index (χ3v) is 4.30. The van der Waals surface area contributed by atoms with Crippen molar-refractivity contribution >= 4 is 0 Å². The van der Waals surface area contributed by atoms with Crippen molar-refractivity contribution in [3.05, 3.63) is 41.8 Å². The van der Waals surface area contributed by atoms with Crippen molar-refractivity contribution in [2.45, 2.75) is 50.5 Å². The molecule has 2 N–H and O–H groups in total. The van der Waals surface area contributed by atoms with E-state index in [-0.39, 0.29) is 11.5 Å². The van der Waals surface area contributed by atoms with Crippen LogP contribution in [-0.2, 0) is 11.8 Å². The summed E-state index contributed by atoms with van der Waals surface area (Å²) >= 11 is 0. The van der Waals surface area contributed by atoms with E-state index in [1.165, 1.54) is 12.8 Å². The number of nitrogens with zero attached hydrogens (tertiary/aromatic N) is 3. The van der Waals surface area contributed by atoms with Crippen LogP contribution < -0.4 is 5.73 Å². The van der Waals surface area contributed by atoms with Crippen LogP contribution in [0.2, 0.25) is 0 Å². The molecule has 106 valence electrons. The lowest BCUT2D eigenvalue weighted by Gasteiger charge is -2.35. The number of rotatable bonds is 3. The van der Waals surface area contributed by atoms with E-state index in [1.54, 1.807) is 6.20 Å². The molecule has 0 bridgehead atoms. The van der Waals surface area contributed by atoms with E-state index in [9.17, 15) is 0 Å². The minimum Gasteiger partial charge on any atom is -0.339 e. The molecule has 2 atom stereocenters. The van der Waals surface area contributed by atoms with E-state index in [0.29, 0.717) is 18.1 Å². The van der Waals surface area contributed by atoms with Crippen molar-refractivity contribution in [3.63, 3.8) is 0 Å². The summed E-state index contributed by atoms with van der Waals surface area (Å²) in [6.45, 7) is 2.13. The largest absolute Gasteiger partial charge is 0.339 e. The normalized spacial score (nSPS) is 26.6. The highest BCUT2D eigenvalue weighted by Gasteiger charge is 2.40. The highest BCUT2D eigenvalue weighted by atomic mass is 16.5. The quantitative estimate of drug-likeness (QED) is 0.926. The minimum absolute atomic E-state index is 0.0967. The number of pyridine rings is 1. The van der Waals surface area contributed by atoms with Crippen LogP contribution in [0.25, 0.3) is 0 Å². The van der Waals surface area contributed by atoms with Crippen LogP contribution in [0.1, 0.15) is 50.0 Å². The van der Waals surface area contributed by atoms with Gasteiger partial charge in [0.05, 0.1) is 11.8 Å². The second-order valence-electron chi connectivity index (χ2n) is 5.78. The van der Waals surface area contributed by atoms with Gasteiger partial charge in [-0.2, -0.15) is 4.98 Å². The molecule has 5 nitrogen and oxygen atoms in total. The predicted molar refractivity (Wildman–Crippen MR) is 75.1 cm³/mol. The smallest absolute Gasteiger partial charge is 0.234 e. The molecule has 0 saturated heterocycles. The van der Waals surface area contributed by atoms with Gasteiger partial charge in [0, 0.05) is 17.9 Å². The first-order valence-corrected chi connectivity index (χ1v) is 7.17. The van der Waals surface area contributed by atoms with Crippen molar-refractivity contribution in [3.8, 4) is 0 Å². The van der Waals surface area contributed by atoms with Crippen LogP contribution in [0, 0.1) is 0 Å². The second kappa shape index (κ2) is 5.32. The maximum absolute atomic E-state index is 6.27. The molecule has 3 rings (SSSR count). The summed E-state index contributed by atoms with van der Waals surface area (Å²) in [7, 11) is 0. The third-order valence-electron chi connectivity index (χ3n) is 4.30. The molecule has 1 aliphatic rings. The standard InChI is InChI=1S/C15H20N4O/c1-15(8-4-2-7-12(15)16)14-18-13(19-20-14)10-11-6-3-5-9-17-11/h3,5-6,9,12H,2,4,7-8,10,16H2,1H3. The van der Waals surface area contributed by atoms with Gasteiger partial charge in [0.25, 0.3) is 0 Å². The highest BCUT2D eigenvalue weighted by molar-refractivity contribution is 5.13. The zero-order valence-electron chi connectivity index (χ0n) is 11.7. The summed E-state index contributed by atoms with van der Waals surface area (Å²) < 4.78 is 5.48. The maximum Gasteiger partial charge on any atom is 0.234 e. The first-order chi connectivity index (χ1) is 9.68. The molecule has 2 unspecified atom stereocenters. The zero-order valence-corrected chi connectivity index (χ0v) is 11.7. The molecule has 5 heteroatoms. The molecule has 0 radical (unpaired) electrons. The van der Waals surface area contributed by atoms with Crippen molar-refractivity contribution in [1.29, 1.82) is 0 Å². The Balaban J connectivity index is 1.79. The van der Waals surface area contributed by atoms with E-state index in [2.05, 4.69) is 22.0 Å². The molecule has 2 aromatic rings. The van der Waals surface area contributed by atoms with Gasteiger partial charge in [-0.3, -0.25) is 4.98 Å². The van der Waals surface area contributed by atoms with Gasteiger partial charge in [0.1, 0.15) is 0 Å². The van der Waals surface area contributed by atoms with Crippen molar-refractivity contribution in [1.82, 2.24) is 15.1 Å². The van der Waals surface area contributed by atoms with Gasteiger partial charge in [-0.05, 0) is 31.9 Å². The maximum atomic E-state index is 6.27. The van der Waals surface area contributed by atoms with Crippen LogP contribution in [0.4, 0.5) is 0 Å².